The van der Waals surface area contributed by atoms with Crippen LogP contribution in [0.2, 0.25) is 0 Å². The highest BCUT2D eigenvalue weighted by Crippen LogP contribution is 2.34. The Balaban J connectivity index is 1.68. The Morgan fingerprint density at radius 1 is 1.06 bits per heavy atom. The third kappa shape index (κ3) is 6.54. The summed E-state index contributed by atoms with van der Waals surface area (Å²) in [5.74, 6) is 0.880. The molecule has 1 aliphatic heterocycles. The number of hydrogen-bond acceptors (Lipinski definition) is 7. The van der Waals surface area contributed by atoms with E-state index in [2.05, 4.69) is 12.2 Å². The molecule has 0 atom stereocenters. The zero-order chi connectivity index (χ0) is 24.5. The fourth-order valence-corrected chi connectivity index (χ4v) is 3.97. The first-order valence-corrected chi connectivity index (χ1v) is 11.9. The summed E-state index contributed by atoms with van der Waals surface area (Å²) < 4.78 is 16.6. The molecule has 2 aromatic rings. The van der Waals surface area contributed by atoms with Crippen molar-refractivity contribution in [1.29, 1.82) is 0 Å². The molecule has 1 fully saturated rings. The van der Waals surface area contributed by atoms with E-state index in [0.29, 0.717) is 41.7 Å². The summed E-state index contributed by atoms with van der Waals surface area (Å²) in [6.45, 7) is 4.65. The molecule has 0 spiro atoms. The second kappa shape index (κ2) is 12.1. The smallest absolute Gasteiger partial charge is 0.294 e. The van der Waals surface area contributed by atoms with Gasteiger partial charge in [0, 0.05) is 5.69 Å². The third-order valence-corrected chi connectivity index (χ3v) is 5.78. The van der Waals surface area contributed by atoms with Crippen molar-refractivity contribution < 1.29 is 28.6 Å². The molecule has 9 heteroatoms. The van der Waals surface area contributed by atoms with Gasteiger partial charge < -0.3 is 19.5 Å². The number of imide groups is 1. The average molecular weight is 485 g/mol. The van der Waals surface area contributed by atoms with Gasteiger partial charge in [-0.15, -0.1) is 0 Å². The van der Waals surface area contributed by atoms with E-state index in [1.54, 1.807) is 55.7 Å². The monoisotopic (exact) mass is 484 g/mol. The maximum atomic E-state index is 12.8. The fourth-order valence-electron chi connectivity index (χ4n) is 3.13. The summed E-state index contributed by atoms with van der Waals surface area (Å²) in [6.07, 6.45) is 3.58. The van der Waals surface area contributed by atoms with Gasteiger partial charge in [-0.1, -0.05) is 19.4 Å². The van der Waals surface area contributed by atoms with Crippen LogP contribution in [-0.4, -0.2) is 48.8 Å². The van der Waals surface area contributed by atoms with Gasteiger partial charge in [0.1, 0.15) is 12.3 Å². The lowest BCUT2D eigenvalue weighted by Crippen LogP contribution is -2.36. The van der Waals surface area contributed by atoms with Crippen LogP contribution in [0.15, 0.2) is 47.4 Å². The maximum absolute atomic E-state index is 12.8. The number of nitrogens with zero attached hydrogens (tertiary/aromatic N) is 1. The van der Waals surface area contributed by atoms with Gasteiger partial charge >= 0.3 is 0 Å². The summed E-state index contributed by atoms with van der Waals surface area (Å²) in [4.78, 5) is 38.8. The highest BCUT2D eigenvalue weighted by atomic mass is 32.2. The van der Waals surface area contributed by atoms with Crippen molar-refractivity contribution in [2.75, 3.05) is 32.2 Å². The Kier molecular flexibility index (Phi) is 8.98. The van der Waals surface area contributed by atoms with E-state index >= 15 is 0 Å². The number of amides is 3. The molecule has 34 heavy (non-hydrogen) atoms. The summed E-state index contributed by atoms with van der Waals surface area (Å²) in [6, 6.07) is 12.1. The Labute approximate surface area is 203 Å². The van der Waals surface area contributed by atoms with Crippen molar-refractivity contribution in [3.63, 3.8) is 0 Å². The van der Waals surface area contributed by atoms with Gasteiger partial charge in [-0.25, -0.2) is 0 Å². The number of anilines is 1. The van der Waals surface area contributed by atoms with Gasteiger partial charge in [-0.2, -0.15) is 0 Å². The van der Waals surface area contributed by atoms with Crippen molar-refractivity contribution in [1.82, 2.24) is 4.90 Å². The number of carbonyl (C=O) groups excluding carboxylic acids is 3. The molecule has 2 aromatic carbocycles. The zero-order valence-corrected chi connectivity index (χ0v) is 20.3. The molecule has 0 saturated carbocycles. The molecule has 0 unspecified atom stereocenters. The molecule has 1 heterocycles. The molecule has 180 valence electrons. The third-order valence-electron chi connectivity index (χ3n) is 4.87. The van der Waals surface area contributed by atoms with Crippen LogP contribution in [0.3, 0.4) is 0 Å². The average Bonchev–Trinajstić information content (AvgIpc) is 3.08. The quantitative estimate of drug-likeness (QED) is 0.356. The van der Waals surface area contributed by atoms with Gasteiger partial charge in [0.05, 0.1) is 25.2 Å². The van der Waals surface area contributed by atoms with Crippen molar-refractivity contribution in [3.05, 3.63) is 52.9 Å². The number of ether oxygens (including phenoxy) is 3. The first-order chi connectivity index (χ1) is 16.4. The Hall–Kier alpha value is -3.46. The topological polar surface area (TPSA) is 94.2 Å². The summed E-state index contributed by atoms with van der Waals surface area (Å²) in [5.41, 5.74) is 1.23. The fraction of sp³-hybridized carbons (Fsp3) is 0.320. The highest BCUT2D eigenvalue weighted by Gasteiger charge is 2.36. The van der Waals surface area contributed by atoms with Gasteiger partial charge in [0.25, 0.3) is 11.1 Å². The molecule has 0 aromatic heterocycles. The number of carbonyl (C=O) groups is 3. The van der Waals surface area contributed by atoms with Crippen LogP contribution in [0.4, 0.5) is 10.5 Å². The largest absolute Gasteiger partial charge is 0.497 e. The molecule has 3 amide bonds. The van der Waals surface area contributed by atoms with Crippen LogP contribution in [0, 0.1) is 0 Å². The Bertz CT molecular complexity index is 1070. The van der Waals surface area contributed by atoms with Crippen LogP contribution >= 0.6 is 11.8 Å². The van der Waals surface area contributed by atoms with E-state index in [1.165, 1.54) is 0 Å². The molecule has 1 N–H and O–H groups in total. The van der Waals surface area contributed by atoms with Crippen LogP contribution in [0.1, 0.15) is 32.3 Å². The van der Waals surface area contributed by atoms with Crippen molar-refractivity contribution in [2.45, 2.75) is 26.7 Å². The Morgan fingerprint density at radius 2 is 1.82 bits per heavy atom. The molecule has 0 radical (unpaired) electrons. The number of methoxy groups -OCH3 is 1. The summed E-state index contributed by atoms with van der Waals surface area (Å²) in [7, 11) is 1.55. The van der Waals surface area contributed by atoms with Crippen LogP contribution in [-0.2, 0) is 9.59 Å². The number of benzene rings is 2. The SMILES string of the molecule is CCCCOc1ccc(/C=C2\SC(=O)N(CC(=O)Nc3ccc(OC)cc3)C2=O)cc1OCC. The zero-order valence-electron chi connectivity index (χ0n) is 19.5. The van der Waals surface area contributed by atoms with E-state index in [9.17, 15) is 14.4 Å². The number of thioether (sulfide) groups is 1. The molecule has 3 rings (SSSR count). The van der Waals surface area contributed by atoms with Crippen molar-refractivity contribution >= 4 is 40.6 Å². The second-order valence-electron chi connectivity index (χ2n) is 7.39. The van der Waals surface area contributed by atoms with Crippen molar-refractivity contribution in [2.24, 2.45) is 0 Å². The number of nitrogens with one attached hydrogen (secondary N) is 1. The lowest BCUT2D eigenvalue weighted by atomic mass is 10.2. The normalized spacial score (nSPS) is 14.4. The maximum Gasteiger partial charge on any atom is 0.294 e. The second-order valence-corrected chi connectivity index (χ2v) is 8.38. The molecule has 0 aliphatic carbocycles. The minimum absolute atomic E-state index is 0.240. The van der Waals surface area contributed by atoms with Crippen molar-refractivity contribution in [3.8, 4) is 17.2 Å². The highest BCUT2D eigenvalue weighted by molar-refractivity contribution is 8.18. The number of rotatable bonds is 11. The molecule has 0 bridgehead atoms. The van der Waals surface area contributed by atoms with E-state index < -0.39 is 17.1 Å². The van der Waals surface area contributed by atoms with Gasteiger partial charge in [-0.05, 0) is 73.1 Å². The van der Waals surface area contributed by atoms with Gasteiger partial charge in [-0.3, -0.25) is 19.3 Å². The molecule has 1 saturated heterocycles. The minimum Gasteiger partial charge on any atom is -0.497 e. The minimum atomic E-state index is -0.513. The lowest BCUT2D eigenvalue weighted by molar-refractivity contribution is -0.127. The van der Waals surface area contributed by atoms with E-state index in [-0.39, 0.29) is 11.4 Å². The van der Waals surface area contributed by atoms with Crippen LogP contribution < -0.4 is 19.5 Å². The van der Waals surface area contributed by atoms with Crippen LogP contribution in [0.25, 0.3) is 6.08 Å². The molecular formula is C25H28N2O6S. The number of hydrogen-bond donors (Lipinski definition) is 1. The van der Waals surface area contributed by atoms with Gasteiger partial charge in [0.2, 0.25) is 5.91 Å². The Morgan fingerprint density at radius 3 is 2.50 bits per heavy atom. The predicted octanol–water partition coefficient (Wildman–Crippen LogP) is 4.95. The number of unbranched alkanes of at least 4 members (excludes halogenated alkanes) is 1. The molecule has 1 aliphatic rings. The van der Waals surface area contributed by atoms with E-state index in [4.69, 9.17) is 14.2 Å². The van der Waals surface area contributed by atoms with E-state index in [0.717, 1.165) is 29.5 Å². The molecular weight excluding hydrogens is 456 g/mol. The predicted molar refractivity (Wildman–Crippen MR) is 132 cm³/mol. The molecule has 8 nitrogen and oxygen atoms in total. The summed E-state index contributed by atoms with van der Waals surface area (Å²) >= 11 is 0.800. The lowest BCUT2D eigenvalue weighted by Gasteiger charge is -2.13. The van der Waals surface area contributed by atoms with Gasteiger partial charge in [0.15, 0.2) is 11.5 Å². The first kappa shape index (κ1) is 25.2. The van der Waals surface area contributed by atoms with E-state index in [1.807, 2.05) is 6.92 Å². The standard InChI is InChI=1S/C25H28N2O6S/c1-4-6-13-33-20-12-7-17(14-21(20)32-5-2)15-22-24(29)27(25(30)34-22)16-23(28)26-18-8-10-19(31-3)11-9-18/h7-12,14-15H,4-6,13,16H2,1-3H3,(H,26,28)/b22-15-. The van der Waals surface area contributed by atoms with Crippen LogP contribution in [0.5, 0.6) is 17.2 Å². The summed E-state index contributed by atoms with van der Waals surface area (Å²) in [5, 5.41) is 2.18. The first-order valence-electron chi connectivity index (χ1n) is 11.0.